The van der Waals surface area contributed by atoms with E-state index in [0.717, 1.165) is 33.6 Å². The maximum absolute atomic E-state index is 4.72. The molecule has 0 aliphatic rings. The van der Waals surface area contributed by atoms with Crippen molar-refractivity contribution in [2.75, 3.05) is 0 Å². The average molecular weight is 332 g/mol. The zero-order valence-electron chi connectivity index (χ0n) is 13.3. The van der Waals surface area contributed by atoms with Gasteiger partial charge in [-0.05, 0) is 12.5 Å². The first kappa shape index (κ1) is 14.9. The van der Waals surface area contributed by atoms with Crippen LogP contribution in [-0.4, -0.2) is 19.6 Å². The molecule has 5 heteroatoms. The van der Waals surface area contributed by atoms with Crippen molar-refractivity contribution in [2.45, 2.75) is 17.8 Å². The van der Waals surface area contributed by atoms with Gasteiger partial charge in [-0.15, -0.1) is 10.2 Å². The zero-order chi connectivity index (χ0) is 16.4. The number of hydrogen-bond acceptors (Lipinski definition) is 4. The molecule has 0 radical (unpaired) electrons. The smallest absolute Gasteiger partial charge is 0.176 e. The van der Waals surface area contributed by atoms with Crippen molar-refractivity contribution < 1.29 is 0 Å². The SMILES string of the molecule is Cc1cc2nnc(-c3ccccc3)n2c(SCc2ccccc2)n1. The summed E-state index contributed by atoms with van der Waals surface area (Å²) in [7, 11) is 0. The number of aryl methyl sites for hydroxylation is 1. The molecule has 0 saturated heterocycles. The number of fused-ring (bicyclic) bond motifs is 1. The normalized spacial score (nSPS) is 11.0. The summed E-state index contributed by atoms with van der Waals surface area (Å²) < 4.78 is 2.04. The van der Waals surface area contributed by atoms with Gasteiger partial charge in [-0.1, -0.05) is 72.4 Å². The molecule has 2 aromatic heterocycles. The molecule has 0 spiro atoms. The highest BCUT2D eigenvalue weighted by molar-refractivity contribution is 7.98. The van der Waals surface area contributed by atoms with Gasteiger partial charge >= 0.3 is 0 Å². The molecule has 0 amide bonds. The van der Waals surface area contributed by atoms with Gasteiger partial charge < -0.3 is 0 Å². The number of benzene rings is 2. The zero-order valence-corrected chi connectivity index (χ0v) is 14.1. The number of thioether (sulfide) groups is 1. The summed E-state index contributed by atoms with van der Waals surface area (Å²) in [4.78, 5) is 4.72. The fraction of sp³-hybridized carbons (Fsp3) is 0.105. The van der Waals surface area contributed by atoms with E-state index < -0.39 is 0 Å². The summed E-state index contributed by atoms with van der Waals surface area (Å²) >= 11 is 1.70. The lowest BCUT2D eigenvalue weighted by Crippen LogP contribution is -1.99. The van der Waals surface area contributed by atoms with Crippen LogP contribution in [0.1, 0.15) is 11.3 Å². The molecule has 4 aromatic rings. The highest BCUT2D eigenvalue weighted by atomic mass is 32.2. The Morgan fingerprint density at radius 1 is 0.917 bits per heavy atom. The Bertz CT molecular complexity index is 965. The van der Waals surface area contributed by atoms with Crippen LogP contribution in [0.3, 0.4) is 0 Å². The molecule has 24 heavy (non-hydrogen) atoms. The van der Waals surface area contributed by atoms with Gasteiger partial charge in [0.2, 0.25) is 0 Å². The minimum Gasteiger partial charge on any atom is -0.253 e. The maximum atomic E-state index is 4.72. The number of hydrogen-bond donors (Lipinski definition) is 0. The fourth-order valence-electron chi connectivity index (χ4n) is 2.59. The number of nitrogens with zero attached hydrogens (tertiary/aromatic N) is 4. The van der Waals surface area contributed by atoms with Crippen LogP contribution in [-0.2, 0) is 5.75 Å². The van der Waals surface area contributed by atoms with E-state index in [9.17, 15) is 0 Å². The lowest BCUT2D eigenvalue weighted by molar-refractivity contribution is 0.881. The molecule has 0 aliphatic carbocycles. The van der Waals surface area contributed by atoms with Gasteiger partial charge in [0.05, 0.1) is 0 Å². The predicted molar refractivity (Wildman–Crippen MR) is 97.0 cm³/mol. The Balaban J connectivity index is 1.77. The van der Waals surface area contributed by atoms with E-state index in [-0.39, 0.29) is 0 Å². The van der Waals surface area contributed by atoms with Crippen molar-refractivity contribution in [2.24, 2.45) is 0 Å². The molecular formula is C19H16N4S. The van der Waals surface area contributed by atoms with Crippen LogP contribution < -0.4 is 0 Å². The Morgan fingerprint density at radius 2 is 1.62 bits per heavy atom. The monoisotopic (exact) mass is 332 g/mol. The van der Waals surface area contributed by atoms with E-state index in [0.29, 0.717) is 0 Å². The Kier molecular flexibility index (Phi) is 4.01. The minimum absolute atomic E-state index is 0.827. The fourth-order valence-corrected chi connectivity index (χ4v) is 3.60. The van der Waals surface area contributed by atoms with Gasteiger partial charge in [0.25, 0.3) is 0 Å². The van der Waals surface area contributed by atoms with Crippen LogP contribution >= 0.6 is 11.8 Å². The third-order valence-corrected chi connectivity index (χ3v) is 4.74. The second-order valence-electron chi connectivity index (χ2n) is 5.54. The molecule has 0 bridgehead atoms. The molecule has 0 saturated carbocycles. The van der Waals surface area contributed by atoms with Crippen LogP contribution in [0.2, 0.25) is 0 Å². The molecule has 0 N–H and O–H groups in total. The standard InChI is InChI=1S/C19H16N4S/c1-14-12-17-21-22-18(16-10-6-3-7-11-16)23(17)19(20-14)24-13-15-8-4-2-5-9-15/h2-12H,13H2,1H3. The van der Waals surface area contributed by atoms with E-state index in [1.165, 1.54) is 5.56 Å². The molecule has 0 unspecified atom stereocenters. The summed E-state index contributed by atoms with van der Waals surface area (Å²) in [5.41, 5.74) is 4.09. The number of rotatable bonds is 4. The van der Waals surface area contributed by atoms with Gasteiger partial charge in [-0.25, -0.2) is 4.98 Å². The summed E-state index contributed by atoms with van der Waals surface area (Å²) in [5, 5.41) is 9.63. The average Bonchev–Trinajstić information content (AvgIpc) is 3.05. The Hall–Kier alpha value is -2.66. The second-order valence-corrected chi connectivity index (χ2v) is 6.48. The van der Waals surface area contributed by atoms with Crippen molar-refractivity contribution in [1.82, 2.24) is 19.6 Å². The van der Waals surface area contributed by atoms with Crippen molar-refractivity contribution in [3.05, 3.63) is 78.0 Å². The molecule has 4 rings (SSSR count). The highest BCUT2D eigenvalue weighted by Crippen LogP contribution is 2.27. The van der Waals surface area contributed by atoms with Crippen LogP contribution in [0.15, 0.2) is 71.9 Å². The minimum atomic E-state index is 0.827. The van der Waals surface area contributed by atoms with Gasteiger partial charge in [0, 0.05) is 23.1 Å². The van der Waals surface area contributed by atoms with Crippen molar-refractivity contribution in [1.29, 1.82) is 0 Å². The molecule has 0 atom stereocenters. The molecule has 4 nitrogen and oxygen atoms in total. The molecule has 0 aliphatic heterocycles. The van der Waals surface area contributed by atoms with Gasteiger partial charge in [-0.2, -0.15) is 0 Å². The summed E-state index contributed by atoms with van der Waals surface area (Å²) in [6.07, 6.45) is 0. The third kappa shape index (κ3) is 2.90. The first-order valence-electron chi connectivity index (χ1n) is 7.76. The van der Waals surface area contributed by atoms with Crippen molar-refractivity contribution >= 4 is 17.4 Å². The van der Waals surface area contributed by atoms with Crippen LogP contribution in [0.4, 0.5) is 0 Å². The van der Waals surface area contributed by atoms with E-state index >= 15 is 0 Å². The molecule has 2 aromatic carbocycles. The Labute approximate surface area is 144 Å². The first-order chi connectivity index (χ1) is 11.8. The molecular weight excluding hydrogens is 316 g/mol. The van der Waals surface area contributed by atoms with Gasteiger partial charge in [0.1, 0.15) is 0 Å². The van der Waals surface area contributed by atoms with E-state index in [4.69, 9.17) is 4.98 Å². The summed E-state index contributed by atoms with van der Waals surface area (Å²) in [6, 6.07) is 22.5. The molecule has 2 heterocycles. The Morgan fingerprint density at radius 3 is 2.38 bits per heavy atom. The lowest BCUT2D eigenvalue weighted by atomic mass is 10.2. The van der Waals surface area contributed by atoms with Gasteiger partial charge in [-0.3, -0.25) is 4.40 Å². The summed E-state index contributed by atoms with van der Waals surface area (Å²) in [5.74, 6) is 1.69. The highest BCUT2D eigenvalue weighted by Gasteiger charge is 2.14. The van der Waals surface area contributed by atoms with E-state index in [1.54, 1.807) is 11.8 Å². The third-order valence-electron chi connectivity index (χ3n) is 3.73. The van der Waals surface area contributed by atoms with Crippen LogP contribution in [0.5, 0.6) is 0 Å². The van der Waals surface area contributed by atoms with E-state index in [1.807, 2.05) is 53.8 Å². The first-order valence-corrected chi connectivity index (χ1v) is 8.75. The molecule has 0 fully saturated rings. The number of aromatic nitrogens is 4. The topological polar surface area (TPSA) is 43.1 Å². The summed E-state index contributed by atoms with van der Waals surface area (Å²) in [6.45, 7) is 1.99. The molecule has 118 valence electrons. The van der Waals surface area contributed by atoms with Crippen molar-refractivity contribution in [3.8, 4) is 11.4 Å². The quantitative estimate of drug-likeness (QED) is 0.410. The lowest BCUT2D eigenvalue weighted by Gasteiger charge is -2.08. The predicted octanol–water partition coefficient (Wildman–Crippen LogP) is 4.39. The second kappa shape index (κ2) is 6.45. The van der Waals surface area contributed by atoms with E-state index in [2.05, 4.69) is 34.5 Å². The van der Waals surface area contributed by atoms with Crippen LogP contribution in [0.25, 0.3) is 17.0 Å². The van der Waals surface area contributed by atoms with Crippen LogP contribution in [0, 0.1) is 6.92 Å². The largest absolute Gasteiger partial charge is 0.253 e. The van der Waals surface area contributed by atoms with Gasteiger partial charge in [0.15, 0.2) is 16.6 Å². The maximum Gasteiger partial charge on any atom is 0.176 e. The van der Waals surface area contributed by atoms with Crippen molar-refractivity contribution in [3.63, 3.8) is 0 Å².